The quantitative estimate of drug-likeness (QED) is 0.648. The summed E-state index contributed by atoms with van der Waals surface area (Å²) in [6.07, 6.45) is 0. The second kappa shape index (κ2) is 6.68. The summed E-state index contributed by atoms with van der Waals surface area (Å²) >= 11 is 3.22. The van der Waals surface area contributed by atoms with E-state index < -0.39 is 0 Å². The minimum absolute atomic E-state index is 0.122. The molecule has 0 aliphatic heterocycles. The van der Waals surface area contributed by atoms with Gasteiger partial charge in [0.25, 0.3) is 5.69 Å². The van der Waals surface area contributed by atoms with Gasteiger partial charge in [0.2, 0.25) is 0 Å². The van der Waals surface area contributed by atoms with E-state index in [-0.39, 0.29) is 16.7 Å². The summed E-state index contributed by atoms with van der Waals surface area (Å²) in [7, 11) is 1.63. The summed E-state index contributed by atoms with van der Waals surface area (Å²) in [5, 5.41) is 14.0. The molecule has 0 aliphatic rings. The van der Waals surface area contributed by atoms with Crippen molar-refractivity contribution >= 4 is 21.6 Å². The zero-order chi connectivity index (χ0) is 12.8. The Morgan fingerprint density at radius 1 is 1.59 bits per heavy atom. The van der Waals surface area contributed by atoms with Crippen LogP contribution in [0.5, 0.6) is 0 Å². The summed E-state index contributed by atoms with van der Waals surface area (Å²) in [6.45, 7) is 2.99. The van der Waals surface area contributed by atoms with Crippen LogP contribution in [0.15, 0.2) is 22.7 Å². The largest absolute Gasteiger partial charge is 0.383 e. The second-order valence-electron chi connectivity index (χ2n) is 3.77. The van der Waals surface area contributed by atoms with Crippen LogP contribution in [0, 0.1) is 10.1 Å². The first-order valence-electron chi connectivity index (χ1n) is 5.19. The number of benzene rings is 1. The van der Waals surface area contributed by atoms with E-state index in [1.165, 1.54) is 6.07 Å². The van der Waals surface area contributed by atoms with E-state index in [2.05, 4.69) is 21.2 Å². The monoisotopic (exact) mass is 302 g/mol. The predicted molar refractivity (Wildman–Crippen MR) is 69.0 cm³/mol. The molecule has 1 rings (SSSR count). The van der Waals surface area contributed by atoms with Gasteiger partial charge >= 0.3 is 0 Å². The molecule has 1 unspecified atom stereocenters. The number of rotatable bonds is 6. The predicted octanol–water partition coefficient (Wildman–Crippen LogP) is 2.48. The first kappa shape index (κ1) is 14.1. The van der Waals surface area contributed by atoms with E-state index in [0.717, 1.165) is 0 Å². The summed E-state index contributed by atoms with van der Waals surface area (Å²) in [5.41, 5.74) is 0.789. The molecule has 0 saturated carbocycles. The van der Waals surface area contributed by atoms with Gasteiger partial charge in [-0.3, -0.25) is 10.1 Å². The van der Waals surface area contributed by atoms with Gasteiger partial charge in [0.1, 0.15) is 0 Å². The molecule has 1 atom stereocenters. The van der Waals surface area contributed by atoms with Gasteiger partial charge in [-0.2, -0.15) is 0 Å². The van der Waals surface area contributed by atoms with Crippen molar-refractivity contribution in [3.63, 3.8) is 0 Å². The molecular formula is C11H15BrN2O3. The molecule has 0 spiro atoms. The average molecular weight is 303 g/mol. The van der Waals surface area contributed by atoms with Crippen LogP contribution in [-0.4, -0.2) is 24.7 Å². The molecule has 0 aliphatic carbocycles. The molecule has 0 radical (unpaired) electrons. The van der Waals surface area contributed by atoms with Crippen LogP contribution >= 0.6 is 15.9 Å². The summed E-state index contributed by atoms with van der Waals surface area (Å²) in [6, 6.07) is 5.21. The Labute approximate surface area is 108 Å². The van der Waals surface area contributed by atoms with E-state index in [9.17, 15) is 10.1 Å². The SMILES string of the molecule is COCC(C)NCc1ccc(Br)cc1[N+](=O)[O-]. The zero-order valence-electron chi connectivity index (χ0n) is 9.77. The van der Waals surface area contributed by atoms with Gasteiger partial charge in [-0.25, -0.2) is 0 Å². The number of nitro benzene ring substituents is 1. The van der Waals surface area contributed by atoms with Crippen LogP contribution in [-0.2, 0) is 11.3 Å². The third-order valence-corrected chi connectivity index (χ3v) is 2.79. The van der Waals surface area contributed by atoms with E-state index in [4.69, 9.17) is 4.74 Å². The lowest BCUT2D eigenvalue weighted by molar-refractivity contribution is -0.385. The number of hydrogen-bond donors (Lipinski definition) is 1. The first-order chi connectivity index (χ1) is 8.04. The second-order valence-corrected chi connectivity index (χ2v) is 4.68. The molecule has 0 heterocycles. The van der Waals surface area contributed by atoms with Crippen LogP contribution in [0.25, 0.3) is 0 Å². The molecule has 17 heavy (non-hydrogen) atoms. The molecule has 94 valence electrons. The van der Waals surface area contributed by atoms with Gasteiger partial charge in [-0.1, -0.05) is 15.9 Å². The van der Waals surface area contributed by atoms with Crippen LogP contribution in [0.1, 0.15) is 12.5 Å². The molecule has 0 saturated heterocycles. The van der Waals surface area contributed by atoms with Crippen molar-refractivity contribution in [1.82, 2.24) is 5.32 Å². The Bertz CT molecular complexity index is 398. The standard InChI is InChI=1S/C11H15BrN2O3/c1-8(7-17-2)13-6-9-3-4-10(12)5-11(9)14(15)16/h3-5,8,13H,6-7H2,1-2H3. The highest BCUT2D eigenvalue weighted by Gasteiger charge is 2.14. The summed E-state index contributed by atoms with van der Waals surface area (Å²) in [5.74, 6) is 0. The number of halogens is 1. The van der Waals surface area contributed by atoms with Crippen molar-refractivity contribution in [3.05, 3.63) is 38.3 Å². The molecular weight excluding hydrogens is 288 g/mol. The molecule has 0 aromatic heterocycles. The molecule has 6 heteroatoms. The minimum atomic E-state index is -0.372. The lowest BCUT2D eigenvalue weighted by Crippen LogP contribution is -2.29. The number of nitrogens with one attached hydrogen (secondary N) is 1. The maximum absolute atomic E-state index is 10.9. The van der Waals surface area contributed by atoms with Crippen LogP contribution in [0.2, 0.25) is 0 Å². The fraction of sp³-hybridized carbons (Fsp3) is 0.455. The summed E-state index contributed by atoms with van der Waals surface area (Å²) < 4.78 is 5.69. The molecule has 1 aromatic rings. The molecule has 1 aromatic carbocycles. The van der Waals surface area contributed by atoms with Crippen molar-refractivity contribution in [2.75, 3.05) is 13.7 Å². The Hall–Kier alpha value is -0.980. The van der Waals surface area contributed by atoms with Crippen LogP contribution in [0.3, 0.4) is 0 Å². The maximum atomic E-state index is 10.9. The Morgan fingerprint density at radius 2 is 2.29 bits per heavy atom. The fourth-order valence-corrected chi connectivity index (χ4v) is 1.80. The van der Waals surface area contributed by atoms with Crippen LogP contribution < -0.4 is 5.32 Å². The van der Waals surface area contributed by atoms with E-state index in [1.807, 2.05) is 6.92 Å². The lowest BCUT2D eigenvalue weighted by atomic mass is 10.1. The fourth-order valence-electron chi connectivity index (χ4n) is 1.45. The molecule has 0 fully saturated rings. The molecule has 0 amide bonds. The smallest absolute Gasteiger partial charge is 0.275 e. The summed E-state index contributed by atoms with van der Waals surface area (Å²) in [4.78, 5) is 10.5. The van der Waals surface area contributed by atoms with Gasteiger partial charge in [-0.05, 0) is 19.1 Å². The van der Waals surface area contributed by atoms with Crippen molar-refractivity contribution in [1.29, 1.82) is 0 Å². The number of hydrogen-bond acceptors (Lipinski definition) is 4. The highest BCUT2D eigenvalue weighted by molar-refractivity contribution is 9.10. The van der Waals surface area contributed by atoms with Crippen molar-refractivity contribution < 1.29 is 9.66 Å². The third kappa shape index (κ3) is 4.41. The highest BCUT2D eigenvalue weighted by atomic mass is 79.9. The number of ether oxygens (including phenoxy) is 1. The Balaban J connectivity index is 2.73. The minimum Gasteiger partial charge on any atom is -0.383 e. The molecule has 1 N–H and O–H groups in total. The number of nitro groups is 1. The number of methoxy groups -OCH3 is 1. The van der Waals surface area contributed by atoms with Crippen molar-refractivity contribution in [2.45, 2.75) is 19.5 Å². The number of nitrogens with zero attached hydrogens (tertiary/aromatic N) is 1. The molecule has 0 bridgehead atoms. The third-order valence-electron chi connectivity index (χ3n) is 2.30. The first-order valence-corrected chi connectivity index (χ1v) is 5.99. The highest BCUT2D eigenvalue weighted by Crippen LogP contribution is 2.23. The van der Waals surface area contributed by atoms with E-state index in [1.54, 1.807) is 19.2 Å². The maximum Gasteiger partial charge on any atom is 0.275 e. The molecule has 5 nitrogen and oxygen atoms in total. The van der Waals surface area contributed by atoms with Gasteiger partial charge in [-0.15, -0.1) is 0 Å². The lowest BCUT2D eigenvalue weighted by Gasteiger charge is -2.12. The van der Waals surface area contributed by atoms with Crippen LogP contribution in [0.4, 0.5) is 5.69 Å². The van der Waals surface area contributed by atoms with E-state index >= 15 is 0 Å². The zero-order valence-corrected chi connectivity index (χ0v) is 11.4. The van der Waals surface area contributed by atoms with Gasteiger partial charge in [0, 0.05) is 35.8 Å². The normalized spacial score (nSPS) is 12.4. The Kier molecular flexibility index (Phi) is 5.54. The Morgan fingerprint density at radius 3 is 2.88 bits per heavy atom. The average Bonchev–Trinajstić information content (AvgIpc) is 2.27. The van der Waals surface area contributed by atoms with Gasteiger partial charge in [0.05, 0.1) is 11.5 Å². The topological polar surface area (TPSA) is 64.4 Å². The van der Waals surface area contributed by atoms with Gasteiger partial charge < -0.3 is 10.1 Å². The van der Waals surface area contributed by atoms with Crippen molar-refractivity contribution in [3.8, 4) is 0 Å². The van der Waals surface area contributed by atoms with Crippen molar-refractivity contribution in [2.24, 2.45) is 0 Å². The van der Waals surface area contributed by atoms with Gasteiger partial charge in [0.15, 0.2) is 0 Å². The van der Waals surface area contributed by atoms with E-state index in [0.29, 0.717) is 23.2 Å².